The Hall–Kier alpha value is -2.40. The monoisotopic (exact) mass is 300 g/mol. The van der Waals surface area contributed by atoms with Gasteiger partial charge in [-0.05, 0) is 37.9 Å². The van der Waals surface area contributed by atoms with Crippen molar-refractivity contribution in [2.45, 2.75) is 13.0 Å². The third-order valence-corrected chi connectivity index (χ3v) is 3.48. The van der Waals surface area contributed by atoms with Gasteiger partial charge in [0.25, 0.3) is 5.56 Å². The van der Waals surface area contributed by atoms with Gasteiger partial charge in [0.1, 0.15) is 0 Å². The van der Waals surface area contributed by atoms with Crippen molar-refractivity contribution >= 4 is 5.97 Å². The van der Waals surface area contributed by atoms with Crippen molar-refractivity contribution in [3.63, 3.8) is 0 Å². The van der Waals surface area contributed by atoms with Crippen LogP contribution in [0.25, 0.3) is 0 Å². The molecule has 0 radical (unpaired) electrons. The largest absolute Gasteiger partial charge is 0.478 e. The quantitative estimate of drug-likeness (QED) is 0.882. The maximum atomic E-state index is 12.4. The van der Waals surface area contributed by atoms with Crippen molar-refractivity contribution in [1.82, 2.24) is 9.47 Å². The lowest BCUT2D eigenvalue weighted by Gasteiger charge is -2.12. The highest BCUT2D eigenvalue weighted by Crippen LogP contribution is 2.08. The highest BCUT2D eigenvalue weighted by Gasteiger charge is 2.06. The van der Waals surface area contributed by atoms with E-state index >= 15 is 0 Å². The Morgan fingerprint density at radius 2 is 1.86 bits per heavy atom. The standard InChI is InChI=1S/C17H20N2O3/c1-18(2)10-11-19-9-3-4-15(16(19)20)12-13-5-7-14(8-6-13)17(21)22/h3-9H,10-12H2,1-2H3,(H,21,22). The first-order valence-corrected chi connectivity index (χ1v) is 7.12. The number of carbonyl (C=O) groups is 1. The summed E-state index contributed by atoms with van der Waals surface area (Å²) < 4.78 is 1.71. The Labute approximate surface area is 129 Å². The second-order valence-corrected chi connectivity index (χ2v) is 5.51. The normalized spacial score (nSPS) is 10.9. The number of hydrogen-bond acceptors (Lipinski definition) is 3. The zero-order chi connectivity index (χ0) is 16.1. The molecule has 22 heavy (non-hydrogen) atoms. The van der Waals surface area contributed by atoms with Crippen molar-refractivity contribution in [1.29, 1.82) is 0 Å². The Kier molecular flexibility index (Phi) is 5.12. The van der Waals surface area contributed by atoms with Gasteiger partial charge in [-0.15, -0.1) is 0 Å². The molecule has 1 aromatic heterocycles. The summed E-state index contributed by atoms with van der Waals surface area (Å²) in [5, 5.41) is 8.89. The summed E-state index contributed by atoms with van der Waals surface area (Å²) in [4.78, 5) is 25.3. The molecule has 0 saturated carbocycles. The van der Waals surface area contributed by atoms with Crippen molar-refractivity contribution in [2.24, 2.45) is 0 Å². The van der Waals surface area contributed by atoms with Crippen molar-refractivity contribution in [3.8, 4) is 0 Å². The zero-order valence-corrected chi connectivity index (χ0v) is 12.8. The predicted molar refractivity (Wildman–Crippen MR) is 85.5 cm³/mol. The predicted octanol–water partition coefficient (Wildman–Crippen LogP) is 1.70. The molecule has 0 spiro atoms. The van der Waals surface area contributed by atoms with E-state index in [4.69, 9.17) is 5.11 Å². The number of pyridine rings is 1. The van der Waals surface area contributed by atoms with Crippen LogP contribution in [-0.2, 0) is 13.0 Å². The molecule has 5 nitrogen and oxygen atoms in total. The Morgan fingerprint density at radius 1 is 1.18 bits per heavy atom. The van der Waals surface area contributed by atoms with E-state index in [0.29, 0.717) is 18.5 Å². The lowest BCUT2D eigenvalue weighted by atomic mass is 10.0. The van der Waals surface area contributed by atoms with Gasteiger partial charge < -0.3 is 14.6 Å². The van der Waals surface area contributed by atoms with Gasteiger partial charge in [0, 0.05) is 31.3 Å². The molecule has 0 aliphatic carbocycles. The van der Waals surface area contributed by atoms with Crippen LogP contribution in [0.4, 0.5) is 0 Å². The fourth-order valence-electron chi connectivity index (χ4n) is 2.19. The van der Waals surface area contributed by atoms with E-state index in [0.717, 1.165) is 12.1 Å². The van der Waals surface area contributed by atoms with Crippen LogP contribution in [0.2, 0.25) is 0 Å². The van der Waals surface area contributed by atoms with E-state index in [-0.39, 0.29) is 11.1 Å². The number of nitrogens with zero attached hydrogens (tertiary/aromatic N) is 2. The highest BCUT2D eigenvalue weighted by atomic mass is 16.4. The van der Waals surface area contributed by atoms with E-state index in [9.17, 15) is 9.59 Å². The van der Waals surface area contributed by atoms with Crippen LogP contribution in [0, 0.1) is 0 Å². The molecule has 0 bridgehead atoms. The molecule has 5 heteroatoms. The molecule has 1 N–H and O–H groups in total. The fraction of sp³-hybridized carbons (Fsp3) is 0.294. The smallest absolute Gasteiger partial charge is 0.335 e. The van der Waals surface area contributed by atoms with Gasteiger partial charge in [0.15, 0.2) is 0 Å². The lowest BCUT2D eigenvalue weighted by Crippen LogP contribution is -2.28. The molecular formula is C17H20N2O3. The van der Waals surface area contributed by atoms with Gasteiger partial charge in [-0.2, -0.15) is 0 Å². The maximum Gasteiger partial charge on any atom is 0.335 e. The molecule has 2 rings (SSSR count). The average molecular weight is 300 g/mol. The Morgan fingerprint density at radius 3 is 2.45 bits per heavy atom. The Bertz CT molecular complexity index is 703. The summed E-state index contributed by atoms with van der Waals surface area (Å²) in [6, 6.07) is 10.3. The van der Waals surface area contributed by atoms with E-state index in [1.54, 1.807) is 35.0 Å². The molecule has 0 unspecified atom stereocenters. The summed E-state index contributed by atoms with van der Waals surface area (Å²) in [6.45, 7) is 1.45. The topological polar surface area (TPSA) is 62.5 Å². The average Bonchev–Trinajstić information content (AvgIpc) is 2.48. The first-order valence-electron chi connectivity index (χ1n) is 7.12. The van der Waals surface area contributed by atoms with Gasteiger partial charge in [-0.3, -0.25) is 4.79 Å². The number of aromatic carboxylic acids is 1. The summed E-state index contributed by atoms with van der Waals surface area (Å²) >= 11 is 0. The van der Waals surface area contributed by atoms with Crippen LogP contribution in [0.5, 0.6) is 0 Å². The summed E-state index contributed by atoms with van der Waals surface area (Å²) in [6.07, 6.45) is 2.30. The number of carboxylic acids is 1. The third kappa shape index (κ3) is 4.05. The molecule has 0 saturated heterocycles. The second kappa shape index (κ2) is 7.04. The van der Waals surface area contributed by atoms with E-state index in [1.807, 2.05) is 31.1 Å². The van der Waals surface area contributed by atoms with Gasteiger partial charge in [-0.25, -0.2) is 4.79 Å². The van der Waals surface area contributed by atoms with Crippen molar-refractivity contribution in [2.75, 3.05) is 20.6 Å². The molecule has 0 fully saturated rings. The minimum absolute atomic E-state index is 0.00617. The SMILES string of the molecule is CN(C)CCn1cccc(Cc2ccc(C(=O)O)cc2)c1=O. The molecule has 0 atom stereocenters. The number of rotatable bonds is 6. The lowest BCUT2D eigenvalue weighted by molar-refractivity contribution is 0.0697. The molecule has 0 amide bonds. The van der Waals surface area contributed by atoms with Crippen molar-refractivity contribution < 1.29 is 9.90 Å². The number of benzene rings is 1. The molecular weight excluding hydrogens is 280 g/mol. The third-order valence-electron chi connectivity index (χ3n) is 3.48. The molecule has 2 aromatic rings. The molecule has 116 valence electrons. The minimum atomic E-state index is -0.947. The second-order valence-electron chi connectivity index (χ2n) is 5.51. The van der Waals surface area contributed by atoms with Gasteiger partial charge in [-0.1, -0.05) is 18.2 Å². The molecule has 0 aliphatic heterocycles. The number of aromatic nitrogens is 1. The molecule has 1 heterocycles. The number of likely N-dealkylation sites (N-methyl/N-ethyl adjacent to an activating group) is 1. The first kappa shape index (κ1) is 16.0. The van der Waals surface area contributed by atoms with Crippen LogP contribution in [0.3, 0.4) is 0 Å². The van der Waals surface area contributed by atoms with Crippen LogP contribution in [0.15, 0.2) is 47.4 Å². The van der Waals surface area contributed by atoms with Crippen LogP contribution >= 0.6 is 0 Å². The number of carboxylic acid groups (broad SMARTS) is 1. The van der Waals surface area contributed by atoms with E-state index in [2.05, 4.69) is 0 Å². The van der Waals surface area contributed by atoms with Crippen LogP contribution in [-0.4, -0.2) is 41.2 Å². The Balaban J connectivity index is 2.17. The summed E-state index contributed by atoms with van der Waals surface area (Å²) in [7, 11) is 3.94. The van der Waals surface area contributed by atoms with Crippen molar-refractivity contribution in [3.05, 3.63) is 69.6 Å². The van der Waals surface area contributed by atoms with Gasteiger partial charge in [0.05, 0.1) is 5.56 Å². The number of hydrogen-bond donors (Lipinski definition) is 1. The zero-order valence-electron chi connectivity index (χ0n) is 12.8. The molecule has 0 aliphatic rings. The van der Waals surface area contributed by atoms with Gasteiger partial charge >= 0.3 is 5.97 Å². The van der Waals surface area contributed by atoms with E-state index in [1.165, 1.54) is 0 Å². The minimum Gasteiger partial charge on any atom is -0.478 e. The highest BCUT2D eigenvalue weighted by molar-refractivity contribution is 5.87. The first-order chi connectivity index (χ1) is 10.5. The van der Waals surface area contributed by atoms with E-state index < -0.39 is 5.97 Å². The summed E-state index contributed by atoms with van der Waals surface area (Å²) in [5.74, 6) is -0.947. The molecule has 1 aromatic carbocycles. The summed E-state index contributed by atoms with van der Waals surface area (Å²) in [5.41, 5.74) is 1.89. The van der Waals surface area contributed by atoms with Gasteiger partial charge in [0.2, 0.25) is 0 Å². The van der Waals surface area contributed by atoms with Crippen LogP contribution in [0.1, 0.15) is 21.5 Å². The maximum absolute atomic E-state index is 12.4. The fourth-order valence-corrected chi connectivity index (χ4v) is 2.19. The van der Waals surface area contributed by atoms with Crippen LogP contribution < -0.4 is 5.56 Å².